The predicted molar refractivity (Wildman–Crippen MR) is 75.7 cm³/mol. The number of thiophene rings is 1. The molecule has 0 aliphatic heterocycles. The summed E-state index contributed by atoms with van der Waals surface area (Å²) < 4.78 is 0. The number of hydrogen-bond donors (Lipinski definition) is 1. The molecule has 1 unspecified atom stereocenters. The van der Waals surface area contributed by atoms with Crippen LogP contribution in [0.2, 0.25) is 5.02 Å². The van der Waals surface area contributed by atoms with Gasteiger partial charge in [-0.1, -0.05) is 29.8 Å². The fourth-order valence-corrected chi connectivity index (χ4v) is 2.71. The number of nitrogens with one attached hydrogen (secondary N) is 1. The van der Waals surface area contributed by atoms with E-state index >= 15 is 0 Å². The van der Waals surface area contributed by atoms with Crippen LogP contribution in [0, 0.1) is 0 Å². The standard InChI is InChI=1S/C14H16ClNS/c1-10(12-5-7-13(15)8-6-12)16-11(2)14-4-3-9-17-14/h3-11,16H,1-2H3/t10-,11?/m1/s1. The largest absolute Gasteiger partial charge is 0.303 e. The van der Waals surface area contributed by atoms with E-state index in [0.717, 1.165) is 5.02 Å². The second kappa shape index (κ2) is 5.67. The molecule has 0 aliphatic carbocycles. The summed E-state index contributed by atoms with van der Waals surface area (Å²) in [5.74, 6) is 0. The van der Waals surface area contributed by atoms with Crippen molar-refractivity contribution in [2.75, 3.05) is 0 Å². The molecule has 2 aromatic rings. The molecule has 0 spiro atoms. The average Bonchev–Trinajstić information content (AvgIpc) is 2.83. The maximum Gasteiger partial charge on any atom is 0.0406 e. The van der Waals surface area contributed by atoms with Crippen LogP contribution in [0.25, 0.3) is 0 Å². The van der Waals surface area contributed by atoms with Crippen LogP contribution in [0.15, 0.2) is 41.8 Å². The SMILES string of the molecule is CC(N[C@H](C)c1ccc(Cl)cc1)c1cccs1. The van der Waals surface area contributed by atoms with Crippen LogP contribution in [0.4, 0.5) is 0 Å². The molecule has 1 heterocycles. The smallest absolute Gasteiger partial charge is 0.0406 e. The van der Waals surface area contributed by atoms with Crippen molar-refractivity contribution in [3.05, 3.63) is 57.2 Å². The van der Waals surface area contributed by atoms with Gasteiger partial charge in [-0.25, -0.2) is 0 Å². The maximum absolute atomic E-state index is 5.88. The molecule has 0 bridgehead atoms. The normalized spacial score (nSPS) is 14.5. The maximum atomic E-state index is 5.88. The number of halogens is 1. The Bertz CT molecular complexity index is 450. The van der Waals surface area contributed by atoms with Crippen molar-refractivity contribution >= 4 is 22.9 Å². The Labute approximate surface area is 111 Å². The van der Waals surface area contributed by atoms with Gasteiger partial charge in [0.1, 0.15) is 0 Å². The fourth-order valence-electron chi connectivity index (χ4n) is 1.84. The number of benzene rings is 1. The van der Waals surface area contributed by atoms with Gasteiger partial charge in [0, 0.05) is 22.0 Å². The van der Waals surface area contributed by atoms with Gasteiger partial charge in [-0.3, -0.25) is 0 Å². The molecular formula is C14H16ClNS. The summed E-state index contributed by atoms with van der Waals surface area (Å²) in [6, 6.07) is 13.0. The third kappa shape index (κ3) is 3.32. The zero-order valence-electron chi connectivity index (χ0n) is 9.98. The second-order valence-electron chi connectivity index (χ2n) is 4.18. The first-order valence-corrected chi connectivity index (χ1v) is 6.97. The highest BCUT2D eigenvalue weighted by Gasteiger charge is 2.11. The molecule has 3 heteroatoms. The van der Waals surface area contributed by atoms with Crippen LogP contribution in [0.3, 0.4) is 0 Å². The Morgan fingerprint density at radius 2 is 1.76 bits per heavy atom. The molecule has 0 radical (unpaired) electrons. The number of rotatable bonds is 4. The second-order valence-corrected chi connectivity index (χ2v) is 5.59. The molecular weight excluding hydrogens is 250 g/mol. The Morgan fingerprint density at radius 3 is 2.35 bits per heavy atom. The topological polar surface area (TPSA) is 12.0 Å². The summed E-state index contributed by atoms with van der Waals surface area (Å²) in [5, 5.41) is 6.48. The minimum Gasteiger partial charge on any atom is -0.303 e. The first-order chi connectivity index (χ1) is 8.16. The van der Waals surface area contributed by atoms with Crippen molar-refractivity contribution in [3.8, 4) is 0 Å². The van der Waals surface area contributed by atoms with Crippen molar-refractivity contribution in [2.45, 2.75) is 25.9 Å². The molecule has 1 nitrogen and oxygen atoms in total. The van der Waals surface area contributed by atoms with Crippen molar-refractivity contribution < 1.29 is 0 Å². The summed E-state index contributed by atoms with van der Waals surface area (Å²) in [5.41, 5.74) is 1.26. The van der Waals surface area contributed by atoms with Crippen LogP contribution in [-0.2, 0) is 0 Å². The Kier molecular flexibility index (Phi) is 4.21. The van der Waals surface area contributed by atoms with E-state index in [0.29, 0.717) is 12.1 Å². The zero-order valence-corrected chi connectivity index (χ0v) is 11.6. The summed E-state index contributed by atoms with van der Waals surface area (Å²) in [7, 11) is 0. The van der Waals surface area contributed by atoms with Crippen LogP contribution < -0.4 is 5.32 Å². The summed E-state index contributed by atoms with van der Waals surface area (Å²) in [4.78, 5) is 1.37. The molecule has 90 valence electrons. The Hall–Kier alpha value is -0.830. The van der Waals surface area contributed by atoms with E-state index in [1.54, 1.807) is 11.3 Å². The molecule has 1 aromatic heterocycles. The van der Waals surface area contributed by atoms with E-state index in [1.165, 1.54) is 10.4 Å². The minimum absolute atomic E-state index is 0.323. The van der Waals surface area contributed by atoms with Crippen molar-refractivity contribution in [1.82, 2.24) is 5.32 Å². The lowest BCUT2D eigenvalue weighted by Gasteiger charge is -2.19. The van der Waals surface area contributed by atoms with Gasteiger partial charge in [0.25, 0.3) is 0 Å². The van der Waals surface area contributed by atoms with Crippen molar-refractivity contribution in [2.24, 2.45) is 0 Å². The van der Waals surface area contributed by atoms with E-state index in [2.05, 4.69) is 48.8 Å². The van der Waals surface area contributed by atoms with Gasteiger partial charge in [0.05, 0.1) is 0 Å². The highest BCUT2D eigenvalue weighted by atomic mass is 35.5. The van der Waals surface area contributed by atoms with Crippen LogP contribution in [0.1, 0.15) is 36.4 Å². The monoisotopic (exact) mass is 265 g/mol. The third-order valence-corrected chi connectivity index (χ3v) is 4.15. The lowest BCUT2D eigenvalue weighted by atomic mass is 10.1. The van der Waals surface area contributed by atoms with Gasteiger partial charge in [-0.2, -0.15) is 0 Å². The third-order valence-electron chi connectivity index (χ3n) is 2.84. The van der Waals surface area contributed by atoms with Crippen LogP contribution >= 0.6 is 22.9 Å². The van der Waals surface area contributed by atoms with Gasteiger partial charge in [-0.05, 0) is 43.0 Å². The summed E-state index contributed by atoms with van der Waals surface area (Å²) >= 11 is 7.67. The van der Waals surface area contributed by atoms with Crippen molar-refractivity contribution in [1.29, 1.82) is 0 Å². The average molecular weight is 266 g/mol. The van der Waals surface area contributed by atoms with Gasteiger partial charge in [-0.15, -0.1) is 11.3 Å². The molecule has 1 aromatic carbocycles. The quantitative estimate of drug-likeness (QED) is 0.836. The van der Waals surface area contributed by atoms with Crippen LogP contribution in [-0.4, -0.2) is 0 Å². The highest BCUT2D eigenvalue weighted by Crippen LogP contribution is 2.23. The lowest BCUT2D eigenvalue weighted by molar-refractivity contribution is 0.500. The highest BCUT2D eigenvalue weighted by molar-refractivity contribution is 7.10. The molecule has 0 saturated carbocycles. The van der Waals surface area contributed by atoms with E-state index in [9.17, 15) is 0 Å². The summed E-state index contributed by atoms with van der Waals surface area (Å²) in [6.45, 7) is 4.37. The van der Waals surface area contributed by atoms with Gasteiger partial charge in [0.15, 0.2) is 0 Å². The minimum atomic E-state index is 0.323. The molecule has 0 saturated heterocycles. The Morgan fingerprint density at radius 1 is 1.06 bits per heavy atom. The lowest BCUT2D eigenvalue weighted by Crippen LogP contribution is -2.21. The molecule has 2 atom stereocenters. The van der Waals surface area contributed by atoms with Gasteiger partial charge in [0.2, 0.25) is 0 Å². The first-order valence-electron chi connectivity index (χ1n) is 5.71. The van der Waals surface area contributed by atoms with Crippen molar-refractivity contribution in [3.63, 3.8) is 0 Å². The molecule has 1 N–H and O–H groups in total. The molecule has 0 amide bonds. The van der Waals surface area contributed by atoms with E-state index < -0.39 is 0 Å². The molecule has 17 heavy (non-hydrogen) atoms. The summed E-state index contributed by atoms with van der Waals surface area (Å²) in [6.07, 6.45) is 0. The predicted octanol–water partition coefficient (Wildman–Crippen LogP) is 4.81. The van der Waals surface area contributed by atoms with Gasteiger partial charge < -0.3 is 5.32 Å². The van der Waals surface area contributed by atoms with Crippen LogP contribution in [0.5, 0.6) is 0 Å². The van der Waals surface area contributed by atoms with E-state index in [4.69, 9.17) is 11.6 Å². The van der Waals surface area contributed by atoms with E-state index in [-0.39, 0.29) is 0 Å². The number of hydrogen-bond acceptors (Lipinski definition) is 2. The zero-order chi connectivity index (χ0) is 12.3. The Balaban J connectivity index is 2.01. The fraction of sp³-hybridized carbons (Fsp3) is 0.286. The molecule has 2 rings (SSSR count). The molecule has 0 fully saturated rings. The first kappa shape index (κ1) is 12.6. The van der Waals surface area contributed by atoms with Gasteiger partial charge >= 0.3 is 0 Å². The van der Waals surface area contributed by atoms with E-state index in [1.807, 2.05) is 12.1 Å². The molecule has 0 aliphatic rings.